The molecule has 162 valence electrons. The number of halogens is 2. The molecule has 0 unspecified atom stereocenters. The van der Waals surface area contributed by atoms with Crippen molar-refractivity contribution >= 4 is 5.78 Å². The molecule has 1 heterocycles. The maximum Gasteiger partial charge on any atom is 0.259 e. The fraction of sp³-hybridized carbons (Fsp3) is 0.0385. The van der Waals surface area contributed by atoms with Gasteiger partial charge in [0.25, 0.3) is 11.8 Å². The summed E-state index contributed by atoms with van der Waals surface area (Å²) in [6.45, 7) is 1.23. The first-order valence-corrected chi connectivity index (χ1v) is 9.87. The van der Waals surface area contributed by atoms with Crippen molar-refractivity contribution in [2.45, 2.75) is 6.92 Å². The van der Waals surface area contributed by atoms with Gasteiger partial charge in [-0.05, 0) is 37.3 Å². The van der Waals surface area contributed by atoms with E-state index in [-0.39, 0.29) is 22.8 Å². The van der Waals surface area contributed by atoms with Crippen molar-refractivity contribution in [2.24, 2.45) is 0 Å². The van der Waals surface area contributed by atoms with Crippen LogP contribution in [0.25, 0.3) is 0 Å². The maximum absolute atomic E-state index is 14.7. The summed E-state index contributed by atoms with van der Waals surface area (Å²) in [4.78, 5) is 16.5. The Kier molecular flexibility index (Phi) is 6.09. The molecule has 0 aliphatic carbocycles. The third kappa shape index (κ3) is 4.70. The van der Waals surface area contributed by atoms with Crippen LogP contribution < -0.4 is 9.47 Å². The monoisotopic (exact) mass is 442 g/mol. The van der Waals surface area contributed by atoms with E-state index >= 15 is 0 Å². The van der Waals surface area contributed by atoms with Gasteiger partial charge in [-0.15, -0.1) is 0 Å². The van der Waals surface area contributed by atoms with Gasteiger partial charge < -0.3 is 9.47 Å². The van der Waals surface area contributed by atoms with Crippen molar-refractivity contribution in [3.05, 3.63) is 113 Å². The number of hydrogen-bond acceptors (Lipinski definition) is 5. The average molecular weight is 442 g/mol. The van der Waals surface area contributed by atoms with E-state index in [0.29, 0.717) is 16.7 Å². The molecule has 1 aromatic heterocycles. The summed E-state index contributed by atoms with van der Waals surface area (Å²) in [7, 11) is 0. The van der Waals surface area contributed by atoms with Crippen LogP contribution in [0.4, 0.5) is 8.78 Å². The summed E-state index contributed by atoms with van der Waals surface area (Å²) in [5, 5.41) is 9.02. The number of ketones is 1. The van der Waals surface area contributed by atoms with Crippen LogP contribution in [0.2, 0.25) is 0 Å². The molecular formula is C26H16F2N2O3. The Morgan fingerprint density at radius 3 is 2.03 bits per heavy atom. The van der Waals surface area contributed by atoms with Gasteiger partial charge in [0.05, 0.1) is 11.6 Å². The lowest BCUT2D eigenvalue weighted by molar-refractivity contribution is 0.103. The summed E-state index contributed by atoms with van der Waals surface area (Å²) < 4.78 is 40.3. The van der Waals surface area contributed by atoms with Crippen LogP contribution in [-0.4, -0.2) is 10.8 Å². The largest absolute Gasteiger partial charge is 0.436 e. The summed E-state index contributed by atoms with van der Waals surface area (Å²) in [5.74, 6) is -2.92. The standard InChI is InChI=1S/C26H16F2N2O3/c1-16-22(27)25(32-20-11-5-7-17(13-20)15-29)30-26(23(16)28)33-21-12-6-10-19(14-21)24(31)18-8-3-2-4-9-18/h2-14H,1H3. The van der Waals surface area contributed by atoms with Crippen molar-refractivity contribution in [1.29, 1.82) is 5.26 Å². The van der Waals surface area contributed by atoms with Crippen LogP contribution in [0, 0.1) is 29.9 Å². The number of benzene rings is 3. The molecule has 0 amide bonds. The van der Waals surface area contributed by atoms with E-state index in [9.17, 15) is 13.6 Å². The minimum absolute atomic E-state index is 0.145. The second-order valence-corrected chi connectivity index (χ2v) is 7.04. The first-order valence-electron chi connectivity index (χ1n) is 9.87. The number of rotatable bonds is 6. The van der Waals surface area contributed by atoms with Crippen molar-refractivity contribution in [3.8, 4) is 29.3 Å². The molecule has 0 spiro atoms. The van der Waals surface area contributed by atoms with Gasteiger partial charge in [-0.2, -0.15) is 10.2 Å². The first-order chi connectivity index (χ1) is 16.0. The Balaban J connectivity index is 1.64. The van der Waals surface area contributed by atoms with E-state index in [1.807, 2.05) is 6.07 Å². The Bertz CT molecular complexity index is 1380. The number of carbonyl (C=O) groups is 1. The zero-order valence-corrected chi connectivity index (χ0v) is 17.4. The lowest BCUT2D eigenvalue weighted by atomic mass is 10.0. The van der Waals surface area contributed by atoms with Crippen LogP contribution in [0.15, 0.2) is 78.9 Å². The van der Waals surface area contributed by atoms with Crippen molar-refractivity contribution < 1.29 is 23.0 Å². The summed E-state index contributed by atoms with van der Waals surface area (Å²) >= 11 is 0. The molecule has 0 aliphatic rings. The van der Waals surface area contributed by atoms with E-state index in [0.717, 1.165) is 0 Å². The number of nitrogens with zero attached hydrogens (tertiary/aromatic N) is 2. The van der Waals surface area contributed by atoms with E-state index in [2.05, 4.69) is 4.98 Å². The van der Waals surface area contributed by atoms with Crippen LogP contribution in [-0.2, 0) is 0 Å². The summed E-state index contributed by atoms with van der Waals surface area (Å²) in [6.07, 6.45) is 0. The predicted molar refractivity (Wildman–Crippen MR) is 117 cm³/mol. The third-order valence-electron chi connectivity index (χ3n) is 4.76. The molecule has 7 heteroatoms. The molecule has 0 saturated carbocycles. The van der Waals surface area contributed by atoms with Crippen molar-refractivity contribution in [3.63, 3.8) is 0 Å². The number of nitriles is 1. The van der Waals surface area contributed by atoms with Crippen LogP contribution in [0.3, 0.4) is 0 Å². The minimum atomic E-state index is -0.995. The van der Waals surface area contributed by atoms with Gasteiger partial charge in [0.2, 0.25) is 0 Å². The van der Waals surface area contributed by atoms with E-state index < -0.39 is 23.4 Å². The summed E-state index contributed by atoms with van der Waals surface area (Å²) in [6, 6.07) is 22.8. The smallest absolute Gasteiger partial charge is 0.259 e. The van der Waals surface area contributed by atoms with Gasteiger partial charge in [-0.25, -0.2) is 8.78 Å². The van der Waals surface area contributed by atoms with E-state index in [1.54, 1.807) is 54.6 Å². The zero-order valence-electron chi connectivity index (χ0n) is 17.4. The molecular weight excluding hydrogens is 426 g/mol. The molecule has 3 aromatic carbocycles. The van der Waals surface area contributed by atoms with Crippen molar-refractivity contribution in [2.75, 3.05) is 0 Å². The third-order valence-corrected chi connectivity index (χ3v) is 4.76. The molecule has 0 fully saturated rings. The highest BCUT2D eigenvalue weighted by Gasteiger charge is 2.21. The molecule has 0 N–H and O–H groups in total. The fourth-order valence-electron chi connectivity index (χ4n) is 3.05. The van der Waals surface area contributed by atoms with E-state index in [1.165, 1.54) is 31.2 Å². The minimum Gasteiger partial charge on any atom is -0.436 e. The van der Waals surface area contributed by atoms with Crippen LogP contribution in [0.1, 0.15) is 27.0 Å². The Morgan fingerprint density at radius 2 is 1.39 bits per heavy atom. The normalized spacial score (nSPS) is 10.4. The number of pyridine rings is 1. The topological polar surface area (TPSA) is 72.2 Å². The highest BCUT2D eigenvalue weighted by Crippen LogP contribution is 2.33. The average Bonchev–Trinajstić information content (AvgIpc) is 2.86. The van der Waals surface area contributed by atoms with Gasteiger partial charge in [0, 0.05) is 16.7 Å². The molecule has 0 radical (unpaired) electrons. The molecule has 0 atom stereocenters. The van der Waals surface area contributed by atoms with Crippen LogP contribution in [0.5, 0.6) is 23.3 Å². The Labute approximate surface area is 188 Å². The number of carbonyl (C=O) groups excluding carboxylic acids is 1. The van der Waals surface area contributed by atoms with Gasteiger partial charge >= 0.3 is 0 Å². The molecule has 0 aliphatic heterocycles. The van der Waals surface area contributed by atoms with Gasteiger partial charge in [0.1, 0.15) is 11.5 Å². The lowest BCUT2D eigenvalue weighted by Gasteiger charge is -2.13. The second kappa shape index (κ2) is 9.28. The molecule has 4 rings (SSSR count). The summed E-state index contributed by atoms with van der Waals surface area (Å²) in [5.41, 5.74) is 0.792. The number of aromatic nitrogens is 1. The maximum atomic E-state index is 14.7. The molecule has 33 heavy (non-hydrogen) atoms. The molecule has 4 aromatic rings. The van der Waals surface area contributed by atoms with Gasteiger partial charge in [-0.1, -0.05) is 48.5 Å². The number of ether oxygens (including phenoxy) is 2. The highest BCUT2D eigenvalue weighted by atomic mass is 19.1. The number of hydrogen-bond donors (Lipinski definition) is 0. The fourth-order valence-corrected chi connectivity index (χ4v) is 3.05. The quantitative estimate of drug-likeness (QED) is 0.325. The SMILES string of the molecule is Cc1c(F)c(Oc2cccc(C#N)c2)nc(Oc2cccc(C(=O)c3ccccc3)c2)c1F. The van der Waals surface area contributed by atoms with Crippen molar-refractivity contribution in [1.82, 2.24) is 4.98 Å². The molecule has 0 saturated heterocycles. The Morgan fingerprint density at radius 1 is 0.818 bits per heavy atom. The first kappa shape index (κ1) is 21.7. The van der Waals surface area contributed by atoms with Gasteiger partial charge in [-0.3, -0.25) is 4.79 Å². The zero-order chi connectivity index (χ0) is 23.4. The van der Waals surface area contributed by atoms with E-state index in [4.69, 9.17) is 14.7 Å². The molecule has 0 bridgehead atoms. The highest BCUT2D eigenvalue weighted by molar-refractivity contribution is 6.09. The second-order valence-electron chi connectivity index (χ2n) is 7.04. The lowest BCUT2D eigenvalue weighted by Crippen LogP contribution is -2.03. The van der Waals surface area contributed by atoms with Crippen LogP contribution >= 0.6 is 0 Å². The Hall–Kier alpha value is -4.57. The predicted octanol–water partition coefficient (Wildman–Crippen LogP) is 6.36. The molecule has 5 nitrogen and oxygen atoms in total. The van der Waals surface area contributed by atoms with Gasteiger partial charge in [0.15, 0.2) is 17.4 Å².